The molecule has 0 aliphatic rings. The molecule has 0 aromatic heterocycles. The fourth-order valence-corrected chi connectivity index (χ4v) is 5.57. The van der Waals surface area contributed by atoms with Crippen molar-refractivity contribution in [3.8, 4) is 0 Å². The number of aliphatic hydroxyl groups excluding tert-OH is 1. The molecule has 0 bridgehead atoms. The standard InChI is InChI=1S/C36H72O3/c1-3-5-7-9-11-13-14-15-16-17-18-20-22-24-29-33-36(38)39-34-30-26-25-28-32-35(37)31-27-23-21-19-12-10-8-6-4-2/h35,37H,3-34H2,1-2H3. The van der Waals surface area contributed by atoms with Crippen molar-refractivity contribution in [2.24, 2.45) is 0 Å². The fraction of sp³-hybridized carbons (Fsp3) is 0.972. The topological polar surface area (TPSA) is 46.5 Å². The van der Waals surface area contributed by atoms with Crippen molar-refractivity contribution in [2.45, 2.75) is 219 Å². The SMILES string of the molecule is CCCCCCCCCCCCCCCCCC(=O)OCCCCCCC(O)CCCCCCCCCCC. The molecule has 0 heterocycles. The van der Waals surface area contributed by atoms with Crippen molar-refractivity contribution in [1.29, 1.82) is 0 Å². The first-order chi connectivity index (χ1) is 19.2. The number of hydrogen-bond donors (Lipinski definition) is 1. The molecule has 1 unspecified atom stereocenters. The van der Waals surface area contributed by atoms with Crippen LogP contribution in [0.1, 0.15) is 213 Å². The van der Waals surface area contributed by atoms with E-state index in [0.717, 1.165) is 51.4 Å². The summed E-state index contributed by atoms with van der Waals surface area (Å²) in [6.07, 6.45) is 38.9. The summed E-state index contributed by atoms with van der Waals surface area (Å²) < 4.78 is 5.41. The fourth-order valence-electron chi connectivity index (χ4n) is 5.57. The first kappa shape index (κ1) is 38.4. The number of esters is 1. The van der Waals surface area contributed by atoms with Crippen LogP contribution in [-0.2, 0) is 9.53 Å². The smallest absolute Gasteiger partial charge is 0.305 e. The van der Waals surface area contributed by atoms with Crippen LogP contribution in [0.3, 0.4) is 0 Å². The minimum absolute atomic E-state index is 0.0129. The molecule has 1 N–H and O–H groups in total. The normalized spacial score (nSPS) is 12.2. The quantitative estimate of drug-likeness (QED) is 0.0650. The van der Waals surface area contributed by atoms with Gasteiger partial charge in [-0.1, -0.05) is 181 Å². The van der Waals surface area contributed by atoms with Crippen molar-refractivity contribution >= 4 is 5.97 Å². The van der Waals surface area contributed by atoms with Gasteiger partial charge >= 0.3 is 5.97 Å². The molecule has 0 aliphatic heterocycles. The Bertz CT molecular complexity index is 464. The van der Waals surface area contributed by atoms with Gasteiger partial charge in [-0.05, 0) is 25.7 Å². The Morgan fingerprint density at radius 3 is 1.15 bits per heavy atom. The molecule has 0 aromatic carbocycles. The van der Waals surface area contributed by atoms with Gasteiger partial charge in [0.15, 0.2) is 0 Å². The molecule has 0 radical (unpaired) electrons. The highest BCUT2D eigenvalue weighted by Crippen LogP contribution is 2.16. The van der Waals surface area contributed by atoms with Crippen molar-refractivity contribution in [3.63, 3.8) is 0 Å². The first-order valence-electron chi connectivity index (χ1n) is 18.0. The van der Waals surface area contributed by atoms with E-state index in [2.05, 4.69) is 13.8 Å². The number of ether oxygens (including phenoxy) is 1. The summed E-state index contributed by atoms with van der Waals surface area (Å²) >= 11 is 0. The summed E-state index contributed by atoms with van der Waals surface area (Å²) in [5.74, 6) is -0.0129. The van der Waals surface area contributed by atoms with Gasteiger partial charge in [-0.25, -0.2) is 0 Å². The van der Waals surface area contributed by atoms with E-state index >= 15 is 0 Å². The van der Waals surface area contributed by atoms with Crippen LogP contribution in [-0.4, -0.2) is 23.8 Å². The van der Waals surface area contributed by atoms with Crippen molar-refractivity contribution < 1.29 is 14.6 Å². The van der Waals surface area contributed by atoms with Crippen molar-refractivity contribution in [1.82, 2.24) is 0 Å². The third-order valence-electron chi connectivity index (χ3n) is 8.32. The highest BCUT2D eigenvalue weighted by molar-refractivity contribution is 5.69. The zero-order chi connectivity index (χ0) is 28.5. The van der Waals surface area contributed by atoms with Crippen molar-refractivity contribution in [3.05, 3.63) is 0 Å². The van der Waals surface area contributed by atoms with Gasteiger partial charge in [0.2, 0.25) is 0 Å². The third kappa shape index (κ3) is 33.5. The van der Waals surface area contributed by atoms with E-state index in [9.17, 15) is 9.90 Å². The second-order valence-electron chi connectivity index (χ2n) is 12.4. The number of carbonyl (C=O) groups is 1. The summed E-state index contributed by atoms with van der Waals surface area (Å²) in [4.78, 5) is 11.9. The average Bonchev–Trinajstić information content (AvgIpc) is 2.93. The summed E-state index contributed by atoms with van der Waals surface area (Å²) in [6, 6.07) is 0. The van der Waals surface area contributed by atoms with Crippen molar-refractivity contribution in [2.75, 3.05) is 6.61 Å². The second kappa shape index (κ2) is 33.6. The molecule has 0 fully saturated rings. The van der Waals surface area contributed by atoms with E-state index in [1.54, 1.807) is 0 Å². The van der Waals surface area contributed by atoms with Gasteiger partial charge in [-0.2, -0.15) is 0 Å². The van der Waals surface area contributed by atoms with Gasteiger partial charge in [-0.15, -0.1) is 0 Å². The zero-order valence-corrected chi connectivity index (χ0v) is 27.0. The maximum Gasteiger partial charge on any atom is 0.305 e. The van der Waals surface area contributed by atoms with E-state index in [1.807, 2.05) is 0 Å². The maximum absolute atomic E-state index is 11.9. The molecule has 0 spiro atoms. The lowest BCUT2D eigenvalue weighted by Crippen LogP contribution is -2.07. The van der Waals surface area contributed by atoms with Gasteiger partial charge in [0, 0.05) is 6.42 Å². The lowest BCUT2D eigenvalue weighted by Gasteiger charge is -2.10. The Balaban J connectivity index is 3.24. The van der Waals surface area contributed by atoms with Crippen LogP contribution < -0.4 is 0 Å². The zero-order valence-electron chi connectivity index (χ0n) is 27.0. The van der Waals surface area contributed by atoms with E-state index in [4.69, 9.17) is 4.74 Å². The summed E-state index contributed by atoms with van der Waals surface area (Å²) in [5.41, 5.74) is 0. The Labute approximate surface area is 246 Å². The summed E-state index contributed by atoms with van der Waals surface area (Å²) in [6.45, 7) is 5.12. The Morgan fingerprint density at radius 1 is 0.462 bits per heavy atom. The van der Waals surface area contributed by atoms with Gasteiger partial charge in [0.25, 0.3) is 0 Å². The molecular formula is C36H72O3. The van der Waals surface area contributed by atoms with E-state index in [-0.39, 0.29) is 12.1 Å². The van der Waals surface area contributed by atoms with E-state index in [1.165, 1.54) is 141 Å². The molecule has 1 atom stereocenters. The molecule has 234 valence electrons. The minimum Gasteiger partial charge on any atom is -0.466 e. The van der Waals surface area contributed by atoms with Crippen LogP contribution in [0.4, 0.5) is 0 Å². The number of unbranched alkanes of at least 4 members (excludes halogenated alkanes) is 25. The molecule has 0 rings (SSSR count). The number of carbonyl (C=O) groups excluding carboxylic acids is 1. The molecule has 0 saturated carbocycles. The van der Waals surface area contributed by atoms with E-state index in [0.29, 0.717) is 13.0 Å². The first-order valence-corrected chi connectivity index (χ1v) is 18.0. The summed E-state index contributed by atoms with van der Waals surface area (Å²) in [5, 5.41) is 10.2. The summed E-state index contributed by atoms with van der Waals surface area (Å²) in [7, 11) is 0. The number of rotatable bonds is 33. The van der Waals surface area contributed by atoms with Crippen LogP contribution in [0, 0.1) is 0 Å². The van der Waals surface area contributed by atoms with Crippen LogP contribution >= 0.6 is 0 Å². The molecule has 0 aliphatic carbocycles. The number of hydrogen-bond acceptors (Lipinski definition) is 3. The largest absolute Gasteiger partial charge is 0.466 e. The second-order valence-corrected chi connectivity index (χ2v) is 12.4. The third-order valence-corrected chi connectivity index (χ3v) is 8.32. The van der Waals surface area contributed by atoms with E-state index < -0.39 is 0 Å². The predicted molar refractivity (Wildman–Crippen MR) is 171 cm³/mol. The molecule has 3 heteroatoms. The Kier molecular flexibility index (Phi) is 33.1. The average molecular weight is 553 g/mol. The van der Waals surface area contributed by atoms with Crippen LogP contribution in [0.2, 0.25) is 0 Å². The number of aliphatic hydroxyl groups is 1. The van der Waals surface area contributed by atoms with Gasteiger partial charge < -0.3 is 9.84 Å². The highest BCUT2D eigenvalue weighted by Gasteiger charge is 2.05. The van der Waals surface area contributed by atoms with Crippen LogP contribution in [0.25, 0.3) is 0 Å². The molecule has 39 heavy (non-hydrogen) atoms. The van der Waals surface area contributed by atoms with Gasteiger partial charge in [0.1, 0.15) is 0 Å². The molecule has 0 saturated heterocycles. The Hall–Kier alpha value is -0.570. The molecule has 0 aromatic rings. The predicted octanol–water partition coefficient (Wildman–Crippen LogP) is 12.0. The van der Waals surface area contributed by atoms with Gasteiger partial charge in [-0.3, -0.25) is 4.79 Å². The Morgan fingerprint density at radius 2 is 0.769 bits per heavy atom. The van der Waals surface area contributed by atoms with Crippen LogP contribution in [0.15, 0.2) is 0 Å². The monoisotopic (exact) mass is 553 g/mol. The lowest BCUT2D eigenvalue weighted by atomic mass is 10.0. The molecule has 3 nitrogen and oxygen atoms in total. The highest BCUT2D eigenvalue weighted by atomic mass is 16.5. The lowest BCUT2D eigenvalue weighted by molar-refractivity contribution is -0.143. The minimum atomic E-state index is -0.123. The molecule has 0 amide bonds. The molecular weight excluding hydrogens is 480 g/mol. The maximum atomic E-state index is 11.9. The van der Waals surface area contributed by atoms with Crippen LogP contribution in [0.5, 0.6) is 0 Å². The van der Waals surface area contributed by atoms with Gasteiger partial charge in [0.05, 0.1) is 12.7 Å².